The lowest BCUT2D eigenvalue weighted by molar-refractivity contribution is 1.24. The maximum absolute atomic E-state index is 5.16. The van der Waals surface area contributed by atoms with E-state index in [9.17, 15) is 0 Å². The van der Waals surface area contributed by atoms with Crippen LogP contribution in [0.3, 0.4) is 0 Å². The molecule has 28 rings (SSSR count). The van der Waals surface area contributed by atoms with Gasteiger partial charge in [0.05, 0.1) is 47.7 Å². The van der Waals surface area contributed by atoms with E-state index in [0.29, 0.717) is 0 Å². The third kappa shape index (κ3) is 14.9. The van der Waals surface area contributed by atoms with Crippen molar-refractivity contribution in [2.24, 2.45) is 0 Å². The van der Waals surface area contributed by atoms with Crippen LogP contribution in [0.2, 0.25) is 0 Å². The molecule has 0 radical (unpaired) electrons. The van der Waals surface area contributed by atoms with E-state index in [1.807, 2.05) is 52.2 Å². The maximum atomic E-state index is 5.16. The molecule has 0 saturated heterocycles. The van der Waals surface area contributed by atoms with Crippen molar-refractivity contribution in [3.05, 3.63) is 462 Å². The second-order valence-corrected chi connectivity index (χ2v) is 40.7. The average Bonchev–Trinajstić information content (AvgIpc) is 1.61. The lowest BCUT2D eigenvalue weighted by Crippen LogP contribution is -1.93. The highest BCUT2D eigenvalue weighted by Gasteiger charge is 2.24. The molecule has 12 heteroatoms. The van der Waals surface area contributed by atoms with Crippen LogP contribution in [-0.2, 0) is 0 Å². The first-order valence-electron chi connectivity index (χ1n) is 46.0. The maximum Gasteiger partial charge on any atom is 0.160 e. The molecule has 138 heavy (non-hydrogen) atoms. The number of fused-ring (bicyclic) bond motifs is 18. The SMILES string of the molecule is c1ccc(-c2cccc(-c3cccc4c3sc3c(-c5ccc(-c6cccc(-c7ncnc8c7sc7ccccc78)c6)cc5)cccc34)c2)cc1.c1ccc(-c2cccc3c2sc2c(-c4ccc(-c5ccc(-c6ncnc7c6sc6ccccc67)cc5)cc4)cccc23)cc1.c1ccc(-c2nc(-c3ccc(-c4ccccc4-c4cccc5c4sc4ccccc45)cc3)c3sc4ccccc4c3n2)cc1. The van der Waals surface area contributed by atoms with Crippen LogP contribution in [0.5, 0.6) is 0 Å². The van der Waals surface area contributed by atoms with Crippen molar-refractivity contribution in [2.45, 2.75) is 0 Å². The highest BCUT2D eigenvalue weighted by atomic mass is 32.1. The summed E-state index contributed by atoms with van der Waals surface area (Å²) in [4.78, 5) is 28.9. The zero-order valence-electron chi connectivity index (χ0n) is 74.0. The third-order valence-corrected chi connectivity index (χ3v) is 33.7. The van der Waals surface area contributed by atoms with Gasteiger partial charge in [0.15, 0.2) is 5.82 Å². The number of benzene rings is 19. The quantitative estimate of drug-likeness (QED) is 0.114. The lowest BCUT2D eigenvalue weighted by atomic mass is 9.93. The van der Waals surface area contributed by atoms with Crippen LogP contribution >= 0.6 is 68.0 Å². The number of thiophene rings is 6. The van der Waals surface area contributed by atoms with Crippen LogP contribution in [-0.4, -0.2) is 29.9 Å². The number of hydrogen-bond acceptors (Lipinski definition) is 12. The molecule has 0 aliphatic carbocycles. The molecule has 0 saturated carbocycles. The molecule has 0 unspecified atom stereocenters. The van der Waals surface area contributed by atoms with Gasteiger partial charge in [-0.15, -0.1) is 68.0 Å². The number of nitrogens with zero attached hydrogens (tertiary/aromatic N) is 6. The number of rotatable bonds is 13. The summed E-state index contributed by atoms with van der Waals surface area (Å²) in [5.41, 5.74) is 32.6. The van der Waals surface area contributed by atoms with Gasteiger partial charge in [-0.25, -0.2) is 29.9 Å². The second-order valence-electron chi connectivity index (χ2n) is 34.5. The van der Waals surface area contributed by atoms with E-state index in [0.717, 1.165) is 75.8 Å². The molecule has 0 N–H and O–H groups in total. The zero-order valence-corrected chi connectivity index (χ0v) is 78.9. The molecule has 646 valence electrons. The summed E-state index contributed by atoms with van der Waals surface area (Å²) in [5, 5.41) is 11.4. The van der Waals surface area contributed by atoms with Crippen molar-refractivity contribution in [1.82, 2.24) is 29.9 Å². The smallest absolute Gasteiger partial charge is 0.160 e. The fraction of sp³-hybridized carbons (Fsp3) is 0. The van der Waals surface area contributed by atoms with Gasteiger partial charge < -0.3 is 0 Å². The molecule has 0 fully saturated rings. The molecule has 9 aromatic heterocycles. The van der Waals surface area contributed by atoms with Gasteiger partial charge in [-0.05, 0) is 131 Å². The van der Waals surface area contributed by atoms with E-state index in [-0.39, 0.29) is 0 Å². The molecular formula is C126H76N6S6. The third-order valence-electron chi connectivity index (χ3n) is 26.4. The Bertz CT molecular complexity index is 9580. The number of hydrogen-bond donors (Lipinski definition) is 0. The Morgan fingerprint density at radius 1 is 0.138 bits per heavy atom. The topological polar surface area (TPSA) is 77.3 Å². The Kier molecular flexibility index (Phi) is 21.0. The van der Waals surface area contributed by atoms with Gasteiger partial charge in [0.1, 0.15) is 12.7 Å². The summed E-state index contributed by atoms with van der Waals surface area (Å²) in [7, 11) is 0. The monoisotopic (exact) mass is 1860 g/mol. The summed E-state index contributed by atoms with van der Waals surface area (Å²) >= 11 is 11.0. The minimum absolute atomic E-state index is 0.752. The van der Waals surface area contributed by atoms with Crippen molar-refractivity contribution in [3.8, 4) is 145 Å². The highest BCUT2D eigenvalue weighted by molar-refractivity contribution is 7.28. The van der Waals surface area contributed by atoms with Crippen molar-refractivity contribution >= 4 is 189 Å². The minimum Gasteiger partial charge on any atom is -0.235 e. The Morgan fingerprint density at radius 3 is 0.906 bits per heavy atom. The first-order valence-corrected chi connectivity index (χ1v) is 50.9. The summed E-state index contributed by atoms with van der Waals surface area (Å²) < 4.78 is 15.1. The van der Waals surface area contributed by atoms with Gasteiger partial charge in [0.2, 0.25) is 0 Å². The van der Waals surface area contributed by atoms with E-state index in [4.69, 9.17) is 15.0 Å². The van der Waals surface area contributed by atoms with Crippen molar-refractivity contribution < 1.29 is 0 Å². The van der Waals surface area contributed by atoms with Gasteiger partial charge in [-0.1, -0.05) is 413 Å². The van der Waals surface area contributed by atoms with Crippen LogP contribution < -0.4 is 0 Å². The zero-order chi connectivity index (χ0) is 91.1. The summed E-state index contributed by atoms with van der Waals surface area (Å²) in [6.45, 7) is 0. The van der Waals surface area contributed by atoms with Gasteiger partial charge in [-0.3, -0.25) is 0 Å². The Hall–Kier alpha value is -16.3. The first kappa shape index (κ1) is 82.4. The first-order chi connectivity index (χ1) is 68.4. The molecule has 28 aromatic rings. The van der Waals surface area contributed by atoms with Gasteiger partial charge in [0, 0.05) is 119 Å². The van der Waals surface area contributed by atoms with Crippen LogP contribution in [0.1, 0.15) is 0 Å². The Labute approximate surface area is 819 Å². The Morgan fingerprint density at radius 2 is 0.413 bits per heavy atom. The molecule has 0 atom stereocenters. The van der Waals surface area contributed by atoms with Crippen LogP contribution in [0.4, 0.5) is 0 Å². The molecule has 0 aliphatic rings. The fourth-order valence-corrected chi connectivity index (χ4v) is 27.2. The predicted molar refractivity (Wildman–Crippen MR) is 594 cm³/mol. The van der Waals surface area contributed by atoms with Crippen LogP contribution in [0.25, 0.3) is 267 Å². The Balaban J connectivity index is 0.000000107. The molecule has 9 heterocycles. The average molecular weight is 1870 g/mol. The largest absolute Gasteiger partial charge is 0.235 e. The van der Waals surface area contributed by atoms with Crippen molar-refractivity contribution in [1.29, 1.82) is 0 Å². The van der Waals surface area contributed by atoms with Crippen molar-refractivity contribution in [2.75, 3.05) is 0 Å². The minimum atomic E-state index is 0.752. The van der Waals surface area contributed by atoms with E-state index in [1.54, 1.807) is 46.7 Å². The van der Waals surface area contributed by atoms with E-state index >= 15 is 0 Å². The fourth-order valence-electron chi connectivity index (χ4n) is 19.7. The molecule has 6 nitrogen and oxygen atoms in total. The van der Waals surface area contributed by atoms with E-state index < -0.39 is 0 Å². The van der Waals surface area contributed by atoms with Gasteiger partial charge in [0.25, 0.3) is 0 Å². The highest BCUT2D eigenvalue weighted by Crippen LogP contribution is 2.51. The van der Waals surface area contributed by atoms with Gasteiger partial charge >= 0.3 is 0 Å². The van der Waals surface area contributed by atoms with Gasteiger partial charge in [-0.2, -0.15) is 0 Å². The van der Waals surface area contributed by atoms with Crippen LogP contribution in [0, 0.1) is 0 Å². The summed E-state index contributed by atoms with van der Waals surface area (Å²) in [6, 6.07) is 161. The van der Waals surface area contributed by atoms with Crippen molar-refractivity contribution in [3.63, 3.8) is 0 Å². The normalized spacial score (nSPS) is 11.6. The second kappa shape index (κ2) is 35.2. The predicted octanol–water partition coefficient (Wildman–Crippen LogP) is 37.3. The standard InChI is InChI=1S/C46H28N2S2.2C40H24N2S2/c1-2-10-29(11-3-1)32-12-6-14-34(26-32)37-18-9-20-39-38-19-8-17-36(44(38)50-45(37)39)31-24-22-30(23-25-31)33-13-7-15-35(27-33)42-46-43(48-28-47-42)40-16-4-5-21-41(40)49-46;1-2-11-27(12-3-1)40-41-36(39-37(42-40)33-16-7-9-20-35(33)44-39)26-23-21-25(22-24-26)28-13-4-5-14-29(28)31-17-10-18-32-30-15-6-8-19-34(30)43-38(31)32;1-2-8-27(9-3-1)30-11-6-13-32-33-14-7-12-31(39(33)44-38(30)32)28-20-16-25(17-21-28)26-18-22-29(23-19-26)36-40-37(42-24-41-36)34-10-4-5-15-35(34)43-40/h1-28H;2*1-24H. The molecule has 0 spiro atoms. The molecular weight excluding hydrogens is 1790 g/mol. The van der Waals surface area contributed by atoms with Crippen LogP contribution in [0.15, 0.2) is 462 Å². The van der Waals surface area contributed by atoms with E-state index in [1.165, 1.54) is 191 Å². The summed E-state index contributed by atoms with van der Waals surface area (Å²) in [6.07, 6.45) is 3.38. The molecule has 19 aromatic carbocycles. The summed E-state index contributed by atoms with van der Waals surface area (Å²) in [5.74, 6) is 0.752. The lowest BCUT2D eigenvalue weighted by Gasteiger charge is -2.12. The molecule has 0 bridgehead atoms. The molecule has 0 amide bonds. The number of aromatic nitrogens is 6. The van der Waals surface area contributed by atoms with E-state index in [2.05, 4.69) is 446 Å². The molecule has 0 aliphatic heterocycles.